The van der Waals surface area contributed by atoms with Gasteiger partial charge in [0.25, 0.3) is 0 Å². The summed E-state index contributed by atoms with van der Waals surface area (Å²) in [5, 5.41) is 0. The minimum atomic E-state index is -0.0587. The van der Waals surface area contributed by atoms with Crippen LogP contribution in [0.5, 0.6) is 17.2 Å². The Morgan fingerprint density at radius 2 is 1.13 bits per heavy atom. The van der Waals surface area contributed by atoms with Gasteiger partial charge in [-0.15, -0.1) is 0 Å². The number of benzene rings is 4. The van der Waals surface area contributed by atoms with Crippen molar-refractivity contribution < 1.29 is 14.2 Å². The molecule has 5 rings (SSSR count). The standard InChI is InChI=1S/C32H31I2NO3/c1-36-29-27(33)24(28(34)30(37-2)31(29)38-3)20-35-21-32(18-22-12-6-4-7-13-22,19-23-14-8-5-9-15-23)25-16-10-11-17-26(25)35/h4-17H,18-21H2,1-3H3. The first kappa shape index (κ1) is 27.1. The predicted octanol–water partition coefficient (Wildman–Crippen LogP) is 7.67. The molecule has 0 aromatic heterocycles. The molecule has 0 amide bonds. The molecule has 1 heterocycles. The van der Waals surface area contributed by atoms with Crippen LogP contribution in [0.1, 0.15) is 22.3 Å². The number of halogens is 2. The van der Waals surface area contributed by atoms with Crippen LogP contribution in [0.15, 0.2) is 84.9 Å². The summed E-state index contributed by atoms with van der Waals surface area (Å²) in [5.41, 5.74) is 6.54. The topological polar surface area (TPSA) is 30.9 Å². The van der Waals surface area contributed by atoms with E-state index in [1.807, 2.05) is 0 Å². The van der Waals surface area contributed by atoms with Crippen molar-refractivity contribution in [2.45, 2.75) is 24.8 Å². The minimum Gasteiger partial charge on any atom is -0.492 e. The van der Waals surface area contributed by atoms with Crippen LogP contribution in [0.2, 0.25) is 0 Å². The Kier molecular flexibility index (Phi) is 8.38. The fourth-order valence-electron chi connectivity index (χ4n) is 5.77. The van der Waals surface area contributed by atoms with Gasteiger partial charge in [-0.3, -0.25) is 0 Å². The summed E-state index contributed by atoms with van der Waals surface area (Å²) < 4.78 is 19.4. The zero-order chi connectivity index (χ0) is 26.7. The molecule has 1 aliphatic heterocycles. The highest BCUT2D eigenvalue weighted by Crippen LogP contribution is 2.49. The second-order valence-electron chi connectivity index (χ2n) is 9.68. The van der Waals surface area contributed by atoms with Crippen LogP contribution in [-0.2, 0) is 24.8 Å². The summed E-state index contributed by atoms with van der Waals surface area (Å²) in [6.07, 6.45) is 1.94. The largest absolute Gasteiger partial charge is 0.492 e. The fraction of sp³-hybridized carbons (Fsp3) is 0.250. The maximum absolute atomic E-state index is 5.80. The van der Waals surface area contributed by atoms with Gasteiger partial charge in [0.1, 0.15) is 0 Å². The van der Waals surface area contributed by atoms with Crippen molar-refractivity contribution >= 4 is 50.9 Å². The third-order valence-corrected chi connectivity index (χ3v) is 9.66. The summed E-state index contributed by atoms with van der Waals surface area (Å²) in [6, 6.07) is 30.7. The fourth-order valence-corrected chi connectivity index (χ4v) is 8.09. The van der Waals surface area contributed by atoms with Gasteiger partial charge >= 0.3 is 0 Å². The highest BCUT2D eigenvalue weighted by molar-refractivity contribution is 14.1. The molecular formula is C32H31I2NO3. The number of nitrogens with zero attached hydrogens (tertiary/aromatic N) is 1. The maximum Gasteiger partial charge on any atom is 0.205 e. The molecule has 0 N–H and O–H groups in total. The highest BCUT2D eigenvalue weighted by atomic mass is 127. The molecule has 0 unspecified atom stereocenters. The number of rotatable bonds is 9. The first-order valence-corrected chi connectivity index (χ1v) is 14.7. The number of methoxy groups -OCH3 is 3. The molecule has 4 aromatic carbocycles. The van der Waals surface area contributed by atoms with E-state index in [0.717, 1.165) is 33.1 Å². The third-order valence-electron chi connectivity index (χ3n) is 7.38. The number of hydrogen-bond donors (Lipinski definition) is 0. The molecule has 0 bridgehead atoms. The second kappa shape index (κ2) is 11.7. The lowest BCUT2D eigenvalue weighted by molar-refractivity contribution is 0.320. The Bertz CT molecular complexity index is 1340. The Labute approximate surface area is 252 Å². The SMILES string of the molecule is COc1c(I)c(CN2CC(Cc3ccccc3)(Cc3ccccc3)c3ccccc32)c(I)c(OC)c1OC. The van der Waals surface area contributed by atoms with Gasteiger partial charge < -0.3 is 19.1 Å². The van der Waals surface area contributed by atoms with Gasteiger partial charge in [-0.25, -0.2) is 0 Å². The van der Waals surface area contributed by atoms with Crippen LogP contribution in [0.3, 0.4) is 0 Å². The number of fused-ring (bicyclic) bond motifs is 1. The van der Waals surface area contributed by atoms with Gasteiger partial charge in [-0.2, -0.15) is 0 Å². The van der Waals surface area contributed by atoms with Gasteiger partial charge in [-0.1, -0.05) is 78.9 Å². The normalized spacial score (nSPS) is 13.8. The molecule has 1 aliphatic rings. The molecule has 196 valence electrons. The Hall–Kier alpha value is -2.46. The van der Waals surface area contributed by atoms with E-state index in [1.165, 1.54) is 27.9 Å². The molecule has 0 radical (unpaired) electrons. The van der Waals surface area contributed by atoms with Gasteiger partial charge in [-0.05, 0) is 80.8 Å². The van der Waals surface area contributed by atoms with E-state index < -0.39 is 0 Å². The molecule has 38 heavy (non-hydrogen) atoms. The van der Waals surface area contributed by atoms with E-state index >= 15 is 0 Å². The van der Waals surface area contributed by atoms with Crippen molar-refractivity contribution in [3.63, 3.8) is 0 Å². The summed E-state index contributed by atoms with van der Waals surface area (Å²) in [4.78, 5) is 2.53. The van der Waals surface area contributed by atoms with Gasteiger partial charge in [0.15, 0.2) is 11.5 Å². The first-order chi connectivity index (χ1) is 18.5. The minimum absolute atomic E-state index is 0.0587. The maximum atomic E-state index is 5.80. The number of anilines is 1. The molecule has 0 fully saturated rings. The van der Waals surface area contributed by atoms with Gasteiger partial charge in [0, 0.05) is 29.8 Å². The number of ether oxygens (including phenoxy) is 3. The van der Waals surface area contributed by atoms with Crippen molar-refractivity contribution in [3.05, 3.63) is 114 Å². The lowest BCUT2D eigenvalue weighted by Gasteiger charge is -2.32. The molecule has 0 atom stereocenters. The van der Waals surface area contributed by atoms with E-state index in [0.29, 0.717) is 17.2 Å². The van der Waals surface area contributed by atoms with Crippen LogP contribution < -0.4 is 19.1 Å². The van der Waals surface area contributed by atoms with Crippen LogP contribution in [-0.4, -0.2) is 27.9 Å². The highest BCUT2D eigenvalue weighted by Gasteiger charge is 2.43. The van der Waals surface area contributed by atoms with Crippen LogP contribution >= 0.6 is 45.2 Å². The Morgan fingerprint density at radius 3 is 1.63 bits per heavy atom. The molecule has 0 saturated heterocycles. The average Bonchev–Trinajstić information content (AvgIpc) is 3.24. The molecule has 4 aromatic rings. The van der Waals surface area contributed by atoms with Gasteiger partial charge in [0.2, 0.25) is 5.75 Å². The lowest BCUT2D eigenvalue weighted by atomic mass is 9.73. The monoisotopic (exact) mass is 731 g/mol. The average molecular weight is 731 g/mol. The zero-order valence-electron chi connectivity index (χ0n) is 21.8. The second-order valence-corrected chi connectivity index (χ2v) is 11.8. The van der Waals surface area contributed by atoms with E-state index in [9.17, 15) is 0 Å². The van der Waals surface area contributed by atoms with E-state index in [-0.39, 0.29) is 5.41 Å². The lowest BCUT2D eigenvalue weighted by Crippen LogP contribution is -2.37. The molecule has 6 heteroatoms. The molecule has 4 nitrogen and oxygen atoms in total. The van der Waals surface area contributed by atoms with Gasteiger partial charge in [0.05, 0.1) is 28.5 Å². The first-order valence-electron chi connectivity index (χ1n) is 12.6. The molecule has 0 spiro atoms. The third kappa shape index (κ3) is 5.09. The molecule has 0 saturated carbocycles. The Morgan fingerprint density at radius 1 is 0.658 bits per heavy atom. The number of para-hydroxylation sites is 1. The summed E-state index contributed by atoms with van der Waals surface area (Å²) in [5.74, 6) is 2.07. The van der Waals surface area contributed by atoms with Crippen molar-refractivity contribution in [3.8, 4) is 17.2 Å². The smallest absolute Gasteiger partial charge is 0.205 e. The van der Waals surface area contributed by atoms with Crippen molar-refractivity contribution in [2.24, 2.45) is 0 Å². The van der Waals surface area contributed by atoms with E-state index in [4.69, 9.17) is 14.2 Å². The van der Waals surface area contributed by atoms with E-state index in [2.05, 4.69) is 135 Å². The van der Waals surface area contributed by atoms with E-state index in [1.54, 1.807) is 21.3 Å². The zero-order valence-corrected chi connectivity index (χ0v) is 26.2. The summed E-state index contributed by atoms with van der Waals surface area (Å²) in [7, 11) is 5.03. The van der Waals surface area contributed by atoms with Crippen molar-refractivity contribution in [1.29, 1.82) is 0 Å². The summed E-state index contributed by atoms with van der Waals surface area (Å²) in [6.45, 7) is 1.66. The van der Waals surface area contributed by atoms with Crippen LogP contribution in [0, 0.1) is 7.14 Å². The summed E-state index contributed by atoms with van der Waals surface area (Å²) >= 11 is 4.78. The Balaban J connectivity index is 1.61. The predicted molar refractivity (Wildman–Crippen MR) is 171 cm³/mol. The van der Waals surface area contributed by atoms with Crippen LogP contribution in [0.4, 0.5) is 5.69 Å². The van der Waals surface area contributed by atoms with Crippen LogP contribution in [0.25, 0.3) is 0 Å². The van der Waals surface area contributed by atoms with Crippen molar-refractivity contribution in [1.82, 2.24) is 0 Å². The number of hydrogen-bond acceptors (Lipinski definition) is 4. The van der Waals surface area contributed by atoms with Crippen molar-refractivity contribution in [2.75, 3.05) is 32.8 Å². The molecule has 0 aliphatic carbocycles. The quantitative estimate of drug-likeness (QED) is 0.166. The molecular weight excluding hydrogens is 700 g/mol.